The summed E-state index contributed by atoms with van der Waals surface area (Å²) in [6.07, 6.45) is 10.1. The molecule has 2 aromatic rings. The van der Waals surface area contributed by atoms with Crippen LogP contribution in [0.3, 0.4) is 0 Å². The number of nitrogens with zero attached hydrogens (tertiary/aromatic N) is 2. The van der Waals surface area contributed by atoms with E-state index in [4.69, 9.17) is 9.97 Å². The minimum atomic E-state index is 0.246. The van der Waals surface area contributed by atoms with Gasteiger partial charge in [0.1, 0.15) is 5.82 Å². The number of fused-ring (bicyclic) bond motifs is 1. The molecule has 1 aromatic heterocycles. The first-order valence-corrected chi connectivity index (χ1v) is 10.0. The van der Waals surface area contributed by atoms with Crippen LogP contribution in [0.1, 0.15) is 44.1 Å². The van der Waals surface area contributed by atoms with Crippen LogP contribution in [0.15, 0.2) is 30.9 Å². The fourth-order valence-corrected chi connectivity index (χ4v) is 6.09. The van der Waals surface area contributed by atoms with E-state index in [0.717, 1.165) is 34.5 Å². The van der Waals surface area contributed by atoms with Crippen LogP contribution in [-0.4, -0.2) is 22.1 Å². The molecule has 4 bridgehead atoms. The molecule has 6 rings (SSSR count). The summed E-state index contributed by atoms with van der Waals surface area (Å²) >= 11 is 0. The summed E-state index contributed by atoms with van der Waals surface area (Å²) in [6, 6.07) is 6.45. The number of aryl methyl sites for hydroxylation is 1. The maximum Gasteiger partial charge on any atom is 0.225 e. The van der Waals surface area contributed by atoms with E-state index in [0.29, 0.717) is 12.5 Å². The van der Waals surface area contributed by atoms with Crippen molar-refractivity contribution in [2.24, 2.45) is 17.8 Å². The number of anilines is 2. The van der Waals surface area contributed by atoms with Crippen molar-refractivity contribution in [3.63, 3.8) is 0 Å². The summed E-state index contributed by atoms with van der Waals surface area (Å²) in [5, 5.41) is 8.37. The molecule has 1 heterocycles. The molecule has 0 saturated heterocycles. The molecule has 4 heteroatoms. The third kappa shape index (κ3) is 2.76. The number of rotatable bonds is 5. The molecule has 4 saturated carbocycles. The molecule has 0 radical (unpaired) electrons. The predicted octanol–water partition coefficient (Wildman–Crippen LogP) is 4.92. The van der Waals surface area contributed by atoms with E-state index >= 15 is 0 Å². The Hall–Kier alpha value is -2.10. The van der Waals surface area contributed by atoms with Crippen LogP contribution in [0.5, 0.6) is 0 Å². The molecule has 26 heavy (non-hydrogen) atoms. The summed E-state index contributed by atoms with van der Waals surface area (Å²) < 4.78 is 0. The smallest absolute Gasteiger partial charge is 0.225 e. The van der Waals surface area contributed by atoms with E-state index in [-0.39, 0.29) is 5.54 Å². The zero-order chi connectivity index (χ0) is 17.7. The molecule has 0 unspecified atom stereocenters. The molecule has 2 N–H and O–H groups in total. The van der Waals surface area contributed by atoms with E-state index in [9.17, 15) is 0 Å². The van der Waals surface area contributed by atoms with Crippen LogP contribution < -0.4 is 10.6 Å². The standard InChI is InChI=1S/C22H28N4/c1-3-6-23-21-24-19-5-4-14(2)7-18(19)20(25-21)26-22-11-15-8-16(12-22)10-17(9-15)13-22/h3-5,7,15-17H,1,6,8-13H2,2H3,(H2,23,24,25,26). The highest BCUT2D eigenvalue weighted by atomic mass is 15.2. The molecule has 0 atom stereocenters. The first kappa shape index (κ1) is 16.1. The van der Waals surface area contributed by atoms with Gasteiger partial charge in [-0.05, 0) is 75.3 Å². The van der Waals surface area contributed by atoms with Crippen molar-refractivity contribution < 1.29 is 0 Å². The lowest BCUT2D eigenvalue weighted by atomic mass is 9.53. The molecule has 1 aromatic carbocycles. The van der Waals surface area contributed by atoms with Crippen LogP contribution in [0.2, 0.25) is 0 Å². The Kier molecular flexibility index (Phi) is 3.70. The Labute approximate surface area is 155 Å². The second-order valence-corrected chi connectivity index (χ2v) is 8.91. The van der Waals surface area contributed by atoms with Crippen LogP contribution >= 0.6 is 0 Å². The average molecular weight is 348 g/mol. The highest BCUT2D eigenvalue weighted by Crippen LogP contribution is 2.56. The number of hydrogen-bond donors (Lipinski definition) is 2. The number of hydrogen-bond acceptors (Lipinski definition) is 4. The van der Waals surface area contributed by atoms with Crippen LogP contribution in [0, 0.1) is 24.7 Å². The van der Waals surface area contributed by atoms with Gasteiger partial charge in [0.05, 0.1) is 5.52 Å². The van der Waals surface area contributed by atoms with E-state index < -0.39 is 0 Å². The minimum absolute atomic E-state index is 0.246. The summed E-state index contributed by atoms with van der Waals surface area (Å²) in [5.41, 5.74) is 2.50. The predicted molar refractivity (Wildman–Crippen MR) is 107 cm³/mol. The Morgan fingerprint density at radius 1 is 1.12 bits per heavy atom. The molecular weight excluding hydrogens is 320 g/mol. The Morgan fingerprint density at radius 3 is 2.46 bits per heavy atom. The van der Waals surface area contributed by atoms with Gasteiger partial charge in [-0.25, -0.2) is 4.98 Å². The van der Waals surface area contributed by atoms with Gasteiger partial charge in [0, 0.05) is 17.5 Å². The first-order chi connectivity index (χ1) is 12.6. The normalized spacial score (nSPS) is 32.0. The fourth-order valence-electron chi connectivity index (χ4n) is 6.09. The second-order valence-electron chi connectivity index (χ2n) is 8.91. The first-order valence-electron chi connectivity index (χ1n) is 10.0. The number of aromatic nitrogens is 2. The van der Waals surface area contributed by atoms with Crippen molar-refractivity contribution in [3.05, 3.63) is 36.4 Å². The van der Waals surface area contributed by atoms with E-state index in [1.165, 1.54) is 44.1 Å². The lowest BCUT2D eigenvalue weighted by Crippen LogP contribution is -2.54. The van der Waals surface area contributed by atoms with Crippen LogP contribution in [0.25, 0.3) is 10.9 Å². The summed E-state index contributed by atoms with van der Waals surface area (Å²) in [6.45, 7) is 6.60. The monoisotopic (exact) mass is 348 g/mol. The van der Waals surface area contributed by atoms with Crippen LogP contribution in [-0.2, 0) is 0 Å². The molecule has 4 aliphatic carbocycles. The van der Waals surface area contributed by atoms with Gasteiger partial charge in [-0.3, -0.25) is 0 Å². The quantitative estimate of drug-likeness (QED) is 0.753. The average Bonchev–Trinajstić information content (AvgIpc) is 2.59. The van der Waals surface area contributed by atoms with E-state index in [1.54, 1.807) is 0 Å². The van der Waals surface area contributed by atoms with Crippen LogP contribution in [0.4, 0.5) is 11.8 Å². The molecule has 4 aliphatic rings. The maximum absolute atomic E-state index is 4.87. The second kappa shape index (κ2) is 5.97. The topological polar surface area (TPSA) is 49.8 Å². The molecular formula is C22H28N4. The van der Waals surface area contributed by atoms with Crippen molar-refractivity contribution in [2.75, 3.05) is 17.2 Å². The van der Waals surface area contributed by atoms with E-state index in [1.807, 2.05) is 6.08 Å². The molecule has 4 nitrogen and oxygen atoms in total. The zero-order valence-corrected chi connectivity index (χ0v) is 15.6. The summed E-state index contributed by atoms with van der Waals surface area (Å²) in [4.78, 5) is 9.57. The fraction of sp³-hybridized carbons (Fsp3) is 0.545. The van der Waals surface area contributed by atoms with Crippen molar-refractivity contribution in [1.29, 1.82) is 0 Å². The van der Waals surface area contributed by atoms with E-state index in [2.05, 4.69) is 42.3 Å². The highest BCUT2D eigenvalue weighted by molar-refractivity contribution is 5.91. The Bertz CT molecular complexity index is 821. The van der Waals surface area contributed by atoms with Gasteiger partial charge in [0.15, 0.2) is 0 Å². The lowest BCUT2D eigenvalue weighted by Gasteiger charge is -2.57. The van der Waals surface area contributed by atoms with Crippen molar-refractivity contribution >= 4 is 22.7 Å². The molecule has 0 amide bonds. The van der Waals surface area contributed by atoms with Gasteiger partial charge in [-0.1, -0.05) is 17.7 Å². The molecule has 0 aliphatic heterocycles. The minimum Gasteiger partial charge on any atom is -0.364 e. The highest BCUT2D eigenvalue weighted by Gasteiger charge is 2.51. The van der Waals surface area contributed by atoms with Gasteiger partial charge < -0.3 is 10.6 Å². The van der Waals surface area contributed by atoms with Gasteiger partial charge in [0.2, 0.25) is 5.95 Å². The summed E-state index contributed by atoms with van der Waals surface area (Å²) in [7, 11) is 0. The van der Waals surface area contributed by atoms with Gasteiger partial charge >= 0.3 is 0 Å². The largest absolute Gasteiger partial charge is 0.364 e. The third-order valence-electron chi connectivity index (χ3n) is 6.68. The van der Waals surface area contributed by atoms with Gasteiger partial charge in [-0.15, -0.1) is 6.58 Å². The third-order valence-corrected chi connectivity index (χ3v) is 6.68. The van der Waals surface area contributed by atoms with Crippen molar-refractivity contribution in [2.45, 2.75) is 51.0 Å². The van der Waals surface area contributed by atoms with Gasteiger partial charge in [-0.2, -0.15) is 4.98 Å². The number of benzene rings is 1. The SMILES string of the molecule is C=CCNc1nc(NC23CC4CC(CC(C4)C2)C3)c2cc(C)ccc2n1. The lowest BCUT2D eigenvalue weighted by molar-refractivity contribution is 0.0106. The molecule has 136 valence electrons. The summed E-state index contributed by atoms with van der Waals surface area (Å²) in [5.74, 6) is 4.45. The van der Waals surface area contributed by atoms with Crippen molar-refractivity contribution in [3.8, 4) is 0 Å². The zero-order valence-electron chi connectivity index (χ0n) is 15.6. The maximum atomic E-state index is 4.87. The molecule has 4 fully saturated rings. The number of nitrogens with one attached hydrogen (secondary N) is 2. The van der Waals surface area contributed by atoms with Gasteiger partial charge in [0.25, 0.3) is 0 Å². The molecule has 0 spiro atoms. The Morgan fingerprint density at radius 2 is 1.81 bits per heavy atom. The van der Waals surface area contributed by atoms with Crippen molar-refractivity contribution in [1.82, 2.24) is 9.97 Å². The Balaban J connectivity index is 1.54.